The van der Waals surface area contributed by atoms with Gasteiger partial charge in [-0.25, -0.2) is 0 Å². The first-order valence-electron chi connectivity index (χ1n) is 11.7. The van der Waals surface area contributed by atoms with E-state index in [0.717, 1.165) is 24.1 Å². The summed E-state index contributed by atoms with van der Waals surface area (Å²) in [5.74, 6) is 0.234. The predicted octanol–water partition coefficient (Wildman–Crippen LogP) is 7.04. The van der Waals surface area contributed by atoms with Crippen molar-refractivity contribution in [1.82, 2.24) is 4.90 Å². The number of nitrogens with zero attached hydrogens (tertiary/aromatic N) is 1. The summed E-state index contributed by atoms with van der Waals surface area (Å²) >= 11 is 1.88. The van der Waals surface area contributed by atoms with Crippen LogP contribution in [0.25, 0.3) is 11.0 Å². The lowest BCUT2D eigenvalue weighted by atomic mass is 10.00. The standard InChI is InChI=1S/C28H29NO2S/c1-4-5-6-7-12-29-25-15-21-13-20(18(3)31)9-11-24(21)28(25)32-26-16-22-14-19(17(2)30)8-10-23(22)27(26)29/h8-11,13-14,16,27H,4-7,12,15H2,1-3H3. The largest absolute Gasteiger partial charge is 0.362 e. The van der Waals surface area contributed by atoms with Gasteiger partial charge in [0, 0.05) is 39.6 Å². The Balaban J connectivity index is 1.54. The highest BCUT2D eigenvalue weighted by Gasteiger charge is 2.40. The Bertz CT molecular complexity index is 1190. The molecule has 32 heavy (non-hydrogen) atoms. The molecule has 0 aromatic heterocycles. The molecule has 0 radical (unpaired) electrons. The first-order chi connectivity index (χ1) is 15.5. The summed E-state index contributed by atoms with van der Waals surface area (Å²) in [6, 6.07) is 12.6. The van der Waals surface area contributed by atoms with Gasteiger partial charge in [-0.2, -0.15) is 0 Å². The minimum absolute atomic E-state index is 0.112. The molecule has 1 aliphatic heterocycles. The van der Waals surface area contributed by atoms with E-state index in [-0.39, 0.29) is 17.6 Å². The fraction of sp³-hybridized carbons (Fsp3) is 0.357. The zero-order valence-corrected chi connectivity index (χ0v) is 19.8. The third-order valence-corrected chi connectivity index (χ3v) is 8.10. The molecule has 1 heterocycles. The van der Waals surface area contributed by atoms with Crippen molar-refractivity contribution in [3.05, 3.63) is 80.4 Å². The number of hydrogen-bond donors (Lipinski definition) is 0. The van der Waals surface area contributed by atoms with Crippen molar-refractivity contribution in [3.8, 4) is 0 Å². The zero-order valence-electron chi connectivity index (χ0n) is 19.0. The minimum Gasteiger partial charge on any atom is -0.362 e. The Morgan fingerprint density at radius 2 is 1.75 bits per heavy atom. The van der Waals surface area contributed by atoms with Gasteiger partial charge in [0.15, 0.2) is 11.6 Å². The highest BCUT2D eigenvalue weighted by Crippen LogP contribution is 2.58. The summed E-state index contributed by atoms with van der Waals surface area (Å²) in [7, 11) is 0. The van der Waals surface area contributed by atoms with Crippen LogP contribution >= 0.6 is 11.8 Å². The molecule has 1 unspecified atom stereocenters. The molecule has 2 aromatic rings. The van der Waals surface area contributed by atoms with Crippen molar-refractivity contribution < 1.29 is 9.59 Å². The van der Waals surface area contributed by atoms with Crippen molar-refractivity contribution in [3.63, 3.8) is 0 Å². The molecule has 2 aliphatic carbocycles. The summed E-state index contributed by atoms with van der Waals surface area (Å²) in [6.45, 7) is 6.55. The van der Waals surface area contributed by atoms with E-state index in [0.29, 0.717) is 0 Å². The number of rotatable bonds is 7. The van der Waals surface area contributed by atoms with Crippen LogP contribution in [0.3, 0.4) is 0 Å². The predicted molar refractivity (Wildman–Crippen MR) is 133 cm³/mol. The normalized spacial score (nSPS) is 18.2. The van der Waals surface area contributed by atoms with Crippen LogP contribution in [0, 0.1) is 0 Å². The van der Waals surface area contributed by atoms with E-state index >= 15 is 0 Å². The molecule has 0 N–H and O–H groups in total. The number of carbonyl (C=O) groups is 2. The van der Waals surface area contributed by atoms with E-state index in [2.05, 4.69) is 42.2 Å². The summed E-state index contributed by atoms with van der Waals surface area (Å²) in [5.41, 5.74) is 7.99. The van der Waals surface area contributed by atoms with Crippen LogP contribution in [0.15, 0.2) is 47.0 Å². The van der Waals surface area contributed by atoms with E-state index in [1.54, 1.807) is 13.8 Å². The molecule has 0 saturated carbocycles. The number of thioether (sulfide) groups is 1. The third-order valence-electron chi connectivity index (χ3n) is 6.86. The van der Waals surface area contributed by atoms with Gasteiger partial charge in [-0.05, 0) is 60.7 Å². The van der Waals surface area contributed by atoms with Crippen LogP contribution in [-0.2, 0) is 6.42 Å². The van der Waals surface area contributed by atoms with Gasteiger partial charge in [0.2, 0.25) is 0 Å². The first kappa shape index (κ1) is 21.3. The maximum atomic E-state index is 11.9. The first-order valence-corrected chi connectivity index (χ1v) is 12.5. The minimum atomic E-state index is 0.112. The Kier molecular flexibility index (Phi) is 5.58. The molecule has 0 spiro atoms. The number of carbonyl (C=O) groups excluding carboxylic acids is 2. The monoisotopic (exact) mass is 443 g/mol. The second-order valence-corrected chi connectivity index (χ2v) is 10.2. The number of ketones is 2. The molecule has 5 rings (SSSR count). The lowest BCUT2D eigenvalue weighted by Gasteiger charge is -2.39. The average molecular weight is 444 g/mol. The van der Waals surface area contributed by atoms with Crippen molar-refractivity contribution in [2.24, 2.45) is 0 Å². The molecule has 164 valence electrons. The van der Waals surface area contributed by atoms with Crippen molar-refractivity contribution in [2.75, 3.05) is 6.54 Å². The number of allylic oxidation sites excluding steroid dienone is 1. The molecule has 0 fully saturated rings. The van der Waals surface area contributed by atoms with Crippen molar-refractivity contribution in [1.29, 1.82) is 0 Å². The van der Waals surface area contributed by atoms with E-state index in [4.69, 9.17) is 0 Å². The third kappa shape index (κ3) is 3.55. The second kappa shape index (κ2) is 8.40. The summed E-state index contributed by atoms with van der Waals surface area (Å²) in [4.78, 5) is 29.2. The number of Topliss-reactive ketones (excluding diaryl/α,β-unsaturated/α-hetero) is 2. The summed E-state index contributed by atoms with van der Waals surface area (Å²) in [6.07, 6.45) is 8.08. The Hall–Kier alpha value is -2.59. The van der Waals surface area contributed by atoms with E-state index < -0.39 is 0 Å². The fourth-order valence-corrected chi connectivity index (χ4v) is 6.55. The smallest absolute Gasteiger partial charge is 0.159 e. The number of fused-ring (bicyclic) bond motifs is 5. The number of unbranched alkanes of at least 4 members (excludes halogenated alkanes) is 3. The Labute approximate surface area is 194 Å². The number of hydrogen-bond acceptors (Lipinski definition) is 4. The SMILES string of the molecule is CCCCCCN1C2=C(SC3=Cc4cc(C(C)=O)ccc4C31)c1ccc(C(C)=O)cc1C2. The van der Waals surface area contributed by atoms with Crippen LogP contribution in [0.4, 0.5) is 0 Å². The van der Waals surface area contributed by atoms with Gasteiger partial charge in [-0.15, -0.1) is 0 Å². The van der Waals surface area contributed by atoms with Crippen LogP contribution in [0.5, 0.6) is 0 Å². The topological polar surface area (TPSA) is 37.4 Å². The zero-order chi connectivity index (χ0) is 22.4. The molecule has 0 bridgehead atoms. The molecular formula is C28H29NO2S. The molecule has 0 saturated heterocycles. The maximum Gasteiger partial charge on any atom is 0.159 e. The van der Waals surface area contributed by atoms with E-state index in [1.807, 2.05) is 23.9 Å². The van der Waals surface area contributed by atoms with Crippen LogP contribution in [0.2, 0.25) is 0 Å². The molecule has 3 nitrogen and oxygen atoms in total. The van der Waals surface area contributed by atoms with Crippen LogP contribution in [0.1, 0.15) is 95.5 Å². The Morgan fingerprint density at radius 1 is 1.00 bits per heavy atom. The van der Waals surface area contributed by atoms with Crippen molar-refractivity contribution in [2.45, 2.75) is 58.9 Å². The second-order valence-electron chi connectivity index (χ2n) is 9.09. The fourth-order valence-electron chi connectivity index (χ4n) is 5.15. The highest BCUT2D eigenvalue weighted by molar-refractivity contribution is 8.12. The van der Waals surface area contributed by atoms with Gasteiger partial charge in [0.25, 0.3) is 0 Å². The van der Waals surface area contributed by atoms with Crippen LogP contribution in [-0.4, -0.2) is 23.0 Å². The molecule has 3 aliphatic rings. The Morgan fingerprint density at radius 3 is 2.50 bits per heavy atom. The van der Waals surface area contributed by atoms with E-state index in [9.17, 15) is 9.59 Å². The lowest BCUT2D eigenvalue weighted by molar-refractivity contribution is 0.100. The van der Waals surface area contributed by atoms with Gasteiger partial charge in [-0.3, -0.25) is 9.59 Å². The highest BCUT2D eigenvalue weighted by atomic mass is 32.2. The molecule has 4 heteroatoms. The molecule has 1 atom stereocenters. The van der Waals surface area contributed by atoms with Gasteiger partial charge in [-0.1, -0.05) is 62.2 Å². The van der Waals surface area contributed by atoms with Gasteiger partial charge in [0.05, 0.1) is 6.04 Å². The average Bonchev–Trinajstić information content (AvgIpc) is 3.32. The van der Waals surface area contributed by atoms with Crippen molar-refractivity contribution >= 4 is 34.3 Å². The van der Waals surface area contributed by atoms with Gasteiger partial charge < -0.3 is 4.90 Å². The molecule has 2 aromatic carbocycles. The van der Waals surface area contributed by atoms with E-state index in [1.165, 1.54) is 63.4 Å². The molecular weight excluding hydrogens is 414 g/mol. The van der Waals surface area contributed by atoms with Gasteiger partial charge in [0.1, 0.15) is 0 Å². The quantitative estimate of drug-likeness (QED) is 0.340. The van der Waals surface area contributed by atoms with Crippen LogP contribution < -0.4 is 0 Å². The summed E-state index contributed by atoms with van der Waals surface area (Å²) in [5, 5.41) is 0. The number of benzene rings is 2. The van der Waals surface area contributed by atoms with Gasteiger partial charge >= 0.3 is 0 Å². The maximum absolute atomic E-state index is 11.9. The lowest BCUT2D eigenvalue weighted by Crippen LogP contribution is -2.31. The molecule has 0 amide bonds. The summed E-state index contributed by atoms with van der Waals surface area (Å²) < 4.78 is 0.